The van der Waals surface area contributed by atoms with Crippen molar-refractivity contribution in [2.24, 2.45) is 5.73 Å². The second-order valence-corrected chi connectivity index (χ2v) is 7.20. The Balaban J connectivity index is 0. The lowest BCUT2D eigenvalue weighted by atomic mass is 10.2. The molecule has 1 aliphatic heterocycles. The SMILES string of the molecule is CC(N)C=O.CCCCOC.COPOCC1CCC(N(C)/C=C\C(=O)NC=O)O1. The number of ether oxygens (including phenoxy) is 2. The summed E-state index contributed by atoms with van der Waals surface area (Å²) in [5.41, 5.74) is 4.92. The van der Waals surface area contributed by atoms with E-state index >= 15 is 0 Å². The van der Waals surface area contributed by atoms with E-state index in [1.807, 2.05) is 12.4 Å². The highest BCUT2D eigenvalue weighted by molar-refractivity contribution is 7.26. The highest BCUT2D eigenvalue weighted by Crippen LogP contribution is 2.24. The third-order valence-corrected chi connectivity index (χ3v) is 3.98. The molecule has 0 bridgehead atoms. The average Bonchev–Trinajstić information content (AvgIpc) is 3.21. The van der Waals surface area contributed by atoms with Crippen molar-refractivity contribution < 1.29 is 32.9 Å². The van der Waals surface area contributed by atoms with Crippen molar-refractivity contribution in [2.45, 2.75) is 57.9 Å². The number of nitrogens with zero attached hydrogens (tertiary/aromatic N) is 1. The number of carbonyl (C=O) groups excluding carboxylic acids is 3. The Morgan fingerprint density at radius 3 is 2.50 bits per heavy atom. The molecule has 0 saturated carbocycles. The summed E-state index contributed by atoms with van der Waals surface area (Å²) in [6.07, 6.45) is 8.06. The fraction of sp³-hybridized carbons (Fsp3) is 0.737. The maximum Gasteiger partial charge on any atom is 0.251 e. The highest BCUT2D eigenvalue weighted by Gasteiger charge is 2.27. The van der Waals surface area contributed by atoms with Gasteiger partial charge in [0.05, 0.1) is 18.8 Å². The standard InChI is InChI=1S/C11H19N2O5P.C5H12O.C3H7NO/c1-13(6-5-10(15)12-8-14)11-4-3-9(18-11)7-17-19-16-2;1-3-4-5-6-2;1-3(4)2-5/h5-6,8-9,11,19H,3-4,7H2,1-2H3,(H,12,14,15);3-5H2,1-2H3;2-3H,4H2,1H3/b6-5-;;. The van der Waals surface area contributed by atoms with Crippen molar-refractivity contribution in [2.75, 3.05) is 34.5 Å². The van der Waals surface area contributed by atoms with Crippen LogP contribution in [0.4, 0.5) is 0 Å². The zero-order valence-electron chi connectivity index (χ0n) is 18.7. The summed E-state index contributed by atoms with van der Waals surface area (Å²) in [6, 6.07) is -0.296. The van der Waals surface area contributed by atoms with Crippen LogP contribution in [0.2, 0.25) is 0 Å². The van der Waals surface area contributed by atoms with Gasteiger partial charge in [-0.15, -0.1) is 0 Å². The number of imide groups is 1. The number of carbonyl (C=O) groups is 3. The molecule has 0 spiro atoms. The van der Waals surface area contributed by atoms with E-state index in [2.05, 4.69) is 6.92 Å². The second kappa shape index (κ2) is 22.3. The lowest BCUT2D eigenvalue weighted by Gasteiger charge is -2.22. The second-order valence-electron chi connectivity index (χ2n) is 6.34. The van der Waals surface area contributed by atoms with Gasteiger partial charge in [0.1, 0.15) is 12.5 Å². The first-order chi connectivity index (χ1) is 14.4. The summed E-state index contributed by atoms with van der Waals surface area (Å²) < 4.78 is 20.6. The molecule has 0 aromatic heterocycles. The van der Waals surface area contributed by atoms with Crippen molar-refractivity contribution in [1.29, 1.82) is 0 Å². The van der Waals surface area contributed by atoms with E-state index in [0.29, 0.717) is 19.3 Å². The van der Waals surface area contributed by atoms with Crippen LogP contribution in [0.1, 0.15) is 39.5 Å². The van der Waals surface area contributed by atoms with Crippen molar-refractivity contribution >= 4 is 27.6 Å². The number of aldehydes is 1. The van der Waals surface area contributed by atoms with Gasteiger partial charge in [-0.3, -0.25) is 14.9 Å². The first-order valence-corrected chi connectivity index (χ1v) is 10.6. The van der Waals surface area contributed by atoms with Gasteiger partial charge < -0.3 is 33.9 Å². The fourth-order valence-electron chi connectivity index (χ4n) is 1.97. The summed E-state index contributed by atoms with van der Waals surface area (Å²) in [7, 11) is 5.16. The van der Waals surface area contributed by atoms with E-state index in [1.54, 1.807) is 32.2 Å². The van der Waals surface area contributed by atoms with Crippen LogP contribution in [-0.4, -0.2) is 76.4 Å². The zero-order valence-corrected chi connectivity index (χ0v) is 19.7. The molecule has 11 heteroatoms. The van der Waals surface area contributed by atoms with E-state index in [4.69, 9.17) is 24.3 Å². The number of methoxy groups -OCH3 is 1. The molecule has 1 fully saturated rings. The van der Waals surface area contributed by atoms with Crippen molar-refractivity contribution in [3.63, 3.8) is 0 Å². The maximum absolute atomic E-state index is 11.1. The first-order valence-electron chi connectivity index (χ1n) is 9.75. The van der Waals surface area contributed by atoms with Gasteiger partial charge in [-0.2, -0.15) is 0 Å². The van der Waals surface area contributed by atoms with Crippen LogP contribution in [0.15, 0.2) is 12.3 Å². The molecule has 4 atom stereocenters. The van der Waals surface area contributed by atoms with Gasteiger partial charge in [-0.1, -0.05) is 13.3 Å². The molecule has 30 heavy (non-hydrogen) atoms. The minimum absolute atomic E-state index is 0.0312. The predicted octanol–water partition coefficient (Wildman–Crippen LogP) is 1.35. The first kappa shape index (κ1) is 30.8. The average molecular weight is 452 g/mol. The molecule has 10 nitrogen and oxygen atoms in total. The topological polar surface area (TPSA) is 129 Å². The van der Waals surface area contributed by atoms with Crippen LogP contribution in [0, 0.1) is 0 Å². The lowest BCUT2D eigenvalue weighted by Crippen LogP contribution is -2.29. The molecule has 0 radical (unpaired) electrons. The highest BCUT2D eigenvalue weighted by atomic mass is 31.1. The minimum atomic E-state index is -0.457. The molecule has 1 aliphatic rings. The Hall–Kier alpha value is -1.42. The zero-order chi connectivity index (χ0) is 23.2. The molecule has 1 rings (SSSR count). The molecule has 4 unspecified atom stereocenters. The van der Waals surface area contributed by atoms with E-state index < -0.39 is 5.91 Å². The van der Waals surface area contributed by atoms with Crippen LogP contribution >= 0.6 is 9.03 Å². The van der Waals surface area contributed by atoms with Crippen molar-refractivity contribution in [3.05, 3.63) is 12.3 Å². The van der Waals surface area contributed by atoms with E-state index in [-0.39, 0.29) is 27.4 Å². The van der Waals surface area contributed by atoms with Gasteiger partial charge in [0.25, 0.3) is 5.91 Å². The molecule has 0 aromatic carbocycles. The van der Waals surface area contributed by atoms with Crippen LogP contribution in [0.25, 0.3) is 0 Å². The molecule has 3 N–H and O–H groups in total. The summed E-state index contributed by atoms with van der Waals surface area (Å²) >= 11 is 0. The third-order valence-electron chi connectivity index (χ3n) is 3.53. The quantitative estimate of drug-likeness (QED) is 0.195. The van der Waals surface area contributed by atoms with Gasteiger partial charge in [0, 0.05) is 40.2 Å². The van der Waals surface area contributed by atoms with Gasteiger partial charge in [0.15, 0.2) is 9.03 Å². The summed E-state index contributed by atoms with van der Waals surface area (Å²) in [5.74, 6) is -0.457. The molecule has 0 aromatic rings. The molecule has 0 aliphatic carbocycles. The largest absolute Gasteiger partial charge is 0.385 e. The van der Waals surface area contributed by atoms with Crippen LogP contribution in [0.5, 0.6) is 0 Å². The Labute approximate surface area is 181 Å². The van der Waals surface area contributed by atoms with Gasteiger partial charge in [-0.05, 0) is 26.2 Å². The Morgan fingerprint density at radius 2 is 2.03 bits per heavy atom. The van der Waals surface area contributed by atoms with Crippen molar-refractivity contribution in [1.82, 2.24) is 10.2 Å². The van der Waals surface area contributed by atoms with E-state index in [1.165, 1.54) is 18.9 Å². The van der Waals surface area contributed by atoms with Gasteiger partial charge in [0.2, 0.25) is 6.41 Å². The van der Waals surface area contributed by atoms with E-state index in [0.717, 1.165) is 19.4 Å². The van der Waals surface area contributed by atoms with Crippen molar-refractivity contribution in [3.8, 4) is 0 Å². The predicted molar refractivity (Wildman–Crippen MR) is 117 cm³/mol. The number of rotatable bonds is 12. The number of unbranched alkanes of at least 4 members (excludes halogenated alkanes) is 1. The molecule has 1 heterocycles. The normalized spacial score (nSPS) is 18.9. The smallest absolute Gasteiger partial charge is 0.251 e. The number of hydrogen-bond donors (Lipinski definition) is 2. The van der Waals surface area contributed by atoms with Gasteiger partial charge in [-0.25, -0.2) is 0 Å². The Kier molecular flexibility index (Phi) is 22.8. The fourth-order valence-corrected chi connectivity index (χ4v) is 2.34. The molecule has 176 valence electrons. The Morgan fingerprint density at radius 1 is 1.37 bits per heavy atom. The number of nitrogens with one attached hydrogen (secondary N) is 1. The molecule has 2 amide bonds. The molecular weight excluding hydrogens is 413 g/mol. The number of amides is 2. The summed E-state index contributed by atoms with van der Waals surface area (Å²) in [6.45, 7) is 5.20. The van der Waals surface area contributed by atoms with Gasteiger partial charge >= 0.3 is 0 Å². The maximum atomic E-state index is 11.1. The number of nitrogens with two attached hydrogens (primary N) is 1. The molecular formula is C19H38N3O7P. The summed E-state index contributed by atoms with van der Waals surface area (Å²) in [5, 5.41) is 2.03. The summed E-state index contributed by atoms with van der Waals surface area (Å²) in [4.78, 5) is 32.3. The third kappa shape index (κ3) is 19.9. The minimum Gasteiger partial charge on any atom is -0.385 e. The lowest BCUT2D eigenvalue weighted by molar-refractivity contribution is -0.121. The molecule has 1 saturated heterocycles. The van der Waals surface area contributed by atoms with Crippen LogP contribution in [0.3, 0.4) is 0 Å². The Bertz CT molecular complexity index is 463. The van der Waals surface area contributed by atoms with E-state index in [9.17, 15) is 14.4 Å². The van der Waals surface area contributed by atoms with Crippen LogP contribution in [-0.2, 0) is 32.9 Å². The van der Waals surface area contributed by atoms with Crippen LogP contribution < -0.4 is 11.1 Å². The monoisotopic (exact) mass is 451 g/mol. The number of hydrogen-bond acceptors (Lipinski definition) is 9.